The third-order valence-electron chi connectivity index (χ3n) is 7.82. The van der Waals surface area contributed by atoms with Gasteiger partial charge in [-0.25, -0.2) is 8.78 Å². The highest BCUT2D eigenvalue weighted by atomic mass is 19.3. The predicted molar refractivity (Wildman–Crippen MR) is 124 cm³/mol. The zero-order valence-electron chi connectivity index (χ0n) is 20.3. The van der Waals surface area contributed by atoms with Crippen LogP contribution in [0.2, 0.25) is 0 Å². The fourth-order valence-electron chi connectivity index (χ4n) is 6.39. The summed E-state index contributed by atoms with van der Waals surface area (Å²) in [5.74, 6) is -2.76. The third kappa shape index (κ3) is 3.72. The van der Waals surface area contributed by atoms with Gasteiger partial charge in [-0.1, -0.05) is 58.7 Å². The second-order valence-corrected chi connectivity index (χ2v) is 11.6. The molecule has 0 amide bonds. The van der Waals surface area contributed by atoms with E-state index in [4.69, 9.17) is 9.72 Å². The lowest BCUT2D eigenvalue weighted by molar-refractivity contribution is -0.0582. The van der Waals surface area contributed by atoms with Gasteiger partial charge in [-0.15, -0.1) is 0 Å². The van der Waals surface area contributed by atoms with E-state index >= 15 is 0 Å². The van der Waals surface area contributed by atoms with E-state index in [0.29, 0.717) is 6.42 Å². The maximum absolute atomic E-state index is 14.2. The number of aromatic nitrogens is 1. The molecular formula is C28H35F2NO2. The summed E-state index contributed by atoms with van der Waals surface area (Å²) in [5, 5.41) is 11.3. The van der Waals surface area contributed by atoms with Gasteiger partial charge >= 0.3 is 0 Å². The number of aliphatic hydroxyl groups is 1. The first kappa shape index (κ1) is 22.9. The van der Waals surface area contributed by atoms with E-state index in [9.17, 15) is 13.9 Å². The monoisotopic (exact) mass is 455 g/mol. The minimum atomic E-state index is -2.92. The number of aliphatic hydroxyl groups excluding tert-OH is 1. The number of hydrogen-bond donors (Lipinski definition) is 1. The number of pyridine rings is 1. The van der Waals surface area contributed by atoms with Crippen LogP contribution >= 0.6 is 0 Å². The number of rotatable bonds is 3. The SMILES string of the molecule is CC(C)c1nc2c(c3c1C(c1cccc(C(C)(F)F)c1)OC31CCCC1)C(O)CC(C)(C)C2. The zero-order chi connectivity index (χ0) is 23.8. The summed E-state index contributed by atoms with van der Waals surface area (Å²) in [7, 11) is 0. The summed E-state index contributed by atoms with van der Waals surface area (Å²) in [6.07, 6.45) is 4.39. The highest BCUT2D eigenvalue weighted by Crippen LogP contribution is 2.59. The molecule has 0 radical (unpaired) electrons. The van der Waals surface area contributed by atoms with Crippen LogP contribution in [0.4, 0.5) is 8.78 Å². The van der Waals surface area contributed by atoms with Crippen molar-refractivity contribution in [1.82, 2.24) is 4.98 Å². The Morgan fingerprint density at radius 1 is 1.15 bits per heavy atom. The molecule has 5 rings (SSSR count). The average molecular weight is 456 g/mol. The molecule has 2 aliphatic carbocycles. The Morgan fingerprint density at radius 2 is 1.85 bits per heavy atom. The fourth-order valence-corrected chi connectivity index (χ4v) is 6.39. The van der Waals surface area contributed by atoms with Gasteiger partial charge in [0, 0.05) is 35.0 Å². The molecule has 1 aliphatic heterocycles. The van der Waals surface area contributed by atoms with Crippen molar-refractivity contribution in [2.24, 2.45) is 5.41 Å². The van der Waals surface area contributed by atoms with Gasteiger partial charge in [0.1, 0.15) is 6.10 Å². The summed E-state index contributed by atoms with van der Waals surface area (Å²) in [5.41, 5.74) is 5.31. The lowest BCUT2D eigenvalue weighted by atomic mass is 9.70. The lowest BCUT2D eigenvalue weighted by Gasteiger charge is -2.38. The Hall–Kier alpha value is -1.85. The Labute approximate surface area is 195 Å². The predicted octanol–water partition coefficient (Wildman–Crippen LogP) is 7.21. The molecule has 3 nitrogen and oxygen atoms in total. The van der Waals surface area contributed by atoms with Crippen LogP contribution in [0.25, 0.3) is 0 Å². The standard InChI is InChI=1S/C28H35F2NO2/c1-16(2)24-22-23(21-19(31-24)14-26(3,4)15-20(21)32)28(11-6-7-12-28)33-25(22)17-9-8-10-18(13-17)27(5,29)30/h8-10,13,16,20,25,32H,6-7,11-12,14-15H2,1-5H3. The normalized spacial score (nSPS) is 25.5. The second-order valence-electron chi connectivity index (χ2n) is 11.6. The maximum atomic E-state index is 14.2. The molecule has 0 saturated heterocycles. The molecule has 2 heterocycles. The van der Waals surface area contributed by atoms with Gasteiger partial charge in [0.2, 0.25) is 0 Å². The fraction of sp³-hybridized carbons (Fsp3) is 0.607. The van der Waals surface area contributed by atoms with Crippen molar-refractivity contribution in [3.63, 3.8) is 0 Å². The van der Waals surface area contributed by atoms with Crippen molar-refractivity contribution in [3.05, 3.63) is 63.5 Å². The molecule has 2 unspecified atom stereocenters. The first-order valence-electron chi connectivity index (χ1n) is 12.3. The minimum Gasteiger partial charge on any atom is -0.388 e. The number of nitrogens with zero attached hydrogens (tertiary/aromatic N) is 1. The number of hydrogen-bond acceptors (Lipinski definition) is 3. The van der Waals surface area contributed by atoms with Crippen molar-refractivity contribution in [1.29, 1.82) is 0 Å². The number of ether oxygens (including phenoxy) is 1. The molecule has 3 aliphatic rings. The first-order valence-corrected chi connectivity index (χ1v) is 12.3. The lowest BCUT2D eigenvalue weighted by Crippen LogP contribution is -2.32. The van der Waals surface area contributed by atoms with Gasteiger partial charge in [0.25, 0.3) is 5.92 Å². The minimum absolute atomic E-state index is 0.00341. The van der Waals surface area contributed by atoms with Crippen LogP contribution in [0, 0.1) is 5.41 Å². The Morgan fingerprint density at radius 3 is 2.48 bits per heavy atom. The van der Waals surface area contributed by atoms with Crippen LogP contribution in [0.3, 0.4) is 0 Å². The van der Waals surface area contributed by atoms with E-state index in [1.54, 1.807) is 12.1 Å². The van der Waals surface area contributed by atoms with Crippen molar-refractivity contribution in [2.45, 2.75) is 103 Å². The second kappa shape index (κ2) is 7.58. The Bertz CT molecular complexity index is 1080. The summed E-state index contributed by atoms with van der Waals surface area (Å²) < 4.78 is 35.3. The number of fused-ring (bicyclic) bond motifs is 4. The highest BCUT2D eigenvalue weighted by Gasteiger charge is 2.52. The largest absolute Gasteiger partial charge is 0.388 e. The summed E-state index contributed by atoms with van der Waals surface area (Å²) >= 11 is 0. The molecule has 1 N–H and O–H groups in total. The summed E-state index contributed by atoms with van der Waals surface area (Å²) in [6, 6.07) is 6.65. The van der Waals surface area contributed by atoms with Crippen LogP contribution in [0.15, 0.2) is 24.3 Å². The molecule has 1 saturated carbocycles. The number of benzene rings is 1. The molecule has 1 aromatic heterocycles. The van der Waals surface area contributed by atoms with Crippen LogP contribution in [-0.4, -0.2) is 10.1 Å². The van der Waals surface area contributed by atoms with Gasteiger partial charge in [0.15, 0.2) is 0 Å². The third-order valence-corrected chi connectivity index (χ3v) is 7.82. The van der Waals surface area contributed by atoms with Gasteiger partial charge in [-0.05, 0) is 54.2 Å². The molecule has 1 fully saturated rings. The molecular weight excluding hydrogens is 420 g/mol. The maximum Gasteiger partial charge on any atom is 0.270 e. The molecule has 33 heavy (non-hydrogen) atoms. The van der Waals surface area contributed by atoms with E-state index in [0.717, 1.165) is 72.7 Å². The van der Waals surface area contributed by atoms with Gasteiger partial charge in [0.05, 0.1) is 11.7 Å². The van der Waals surface area contributed by atoms with Gasteiger partial charge < -0.3 is 9.84 Å². The van der Waals surface area contributed by atoms with Gasteiger partial charge in [-0.2, -0.15) is 0 Å². The van der Waals surface area contributed by atoms with Crippen LogP contribution in [0.1, 0.15) is 124 Å². The van der Waals surface area contributed by atoms with Crippen LogP contribution in [0.5, 0.6) is 0 Å². The van der Waals surface area contributed by atoms with Crippen molar-refractivity contribution in [2.75, 3.05) is 0 Å². The summed E-state index contributed by atoms with van der Waals surface area (Å²) in [4.78, 5) is 5.14. The highest BCUT2D eigenvalue weighted by molar-refractivity contribution is 5.54. The average Bonchev–Trinajstić information content (AvgIpc) is 3.31. The summed E-state index contributed by atoms with van der Waals surface area (Å²) in [6.45, 7) is 9.57. The van der Waals surface area contributed by atoms with Crippen molar-refractivity contribution < 1.29 is 18.6 Å². The Balaban J connectivity index is 1.77. The zero-order valence-corrected chi connectivity index (χ0v) is 20.3. The van der Waals surface area contributed by atoms with E-state index in [1.807, 2.05) is 6.07 Å². The van der Waals surface area contributed by atoms with E-state index in [-0.39, 0.29) is 16.9 Å². The molecule has 1 aromatic carbocycles. The van der Waals surface area contributed by atoms with E-state index < -0.39 is 23.7 Å². The molecule has 0 bridgehead atoms. The number of alkyl halides is 2. The van der Waals surface area contributed by atoms with E-state index in [1.165, 1.54) is 6.07 Å². The topological polar surface area (TPSA) is 42.4 Å². The smallest absolute Gasteiger partial charge is 0.270 e. The van der Waals surface area contributed by atoms with Gasteiger partial charge in [-0.3, -0.25) is 4.98 Å². The Kier molecular flexibility index (Phi) is 5.26. The first-order chi connectivity index (χ1) is 15.4. The molecule has 5 heteroatoms. The van der Waals surface area contributed by atoms with Crippen LogP contribution < -0.4 is 0 Å². The van der Waals surface area contributed by atoms with E-state index in [2.05, 4.69) is 27.7 Å². The molecule has 1 spiro atoms. The molecule has 2 atom stereocenters. The number of halogens is 2. The molecule has 2 aromatic rings. The molecule has 178 valence electrons. The quantitative estimate of drug-likeness (QED) is 0.532. The van der Waals surface area contributed by atoms with Crippen LogP contribution in [-0.2, 0) is 22.7 Å². The van der Waals surface area contributed by atoms with Crippen molar-refractivity contribution in [3.8, 4) is 0 Å². The van der Waals surface area contributed by atoms with Crippen molar-refractivity contribution >= 4 is 0 Å².